The highest BCUT2D eigenvalue weighted by Crippen LogP contribution is 2.30. The molecule has 1 aliphatic carbocycles. The monoisotopic (exact) mass is 300 g/mol. The zero-order valence-electron chi connectivity index (χ0n) is 9.29. The normalized spacial score (nSPS) is 26.4. The molecule has 2 nitrogen and oxygen atoms in total. The second-order valence-electron chi connectivity index (χ2n) is 4.85. The average Bonchev–Trinajstić information content (AvgIpc) is 2.87. The summed E-state index contributed by atoms with van der Waals surface area (Å²) in [6.45, 7) is 3.58. The molecule has 2 heterocycles. The van der Waals surface area contributed by atoms with E-state index in [0.29, 0.717) is 6.04 Å². The Balaban J connectivity index is 1.45. The topological polar surface area (TPSA) is 15.3 Å². The first kappa shape index (κ1) is 11.2. The van der Waals surface area contributed by atoms with Gasteiger partial charge in [-0.25, -0.2) is 0 Å². The molecule has 2 fully saturated rings. The maximum absolute atomic E-state index is 3.67. The second-order valence-corrected chi connectivity index (χ2v) is 7.14. The van der Waals surface area contributed by atoms with E-state index in [1.807, 2.05) is 0 Å². The van der Waals surface area contributed by atoms with Gasteiger partial charge < -0.3 is 5.32 Å². The van der Waals surface area contributed by atoms with E-state index in [1.54, 1.807) is 11.3 Å². The Morgan fingerprint density at radius 2 is 2.31 bits per heavy atom. The fourth-order valence-electron chi connectivity index (χ4n) is 2.43. The van der Waals surface area contributed by atoms with Gasteiger partial charge in [0.25, 0.3) is 0 Å². The van der Waals surface area contributed by atoms with Crippen molar-refractivity contribution < 1.29 is 0 Å². The summed E-state index contributed by atoms with van der Waals surface area (Å²) in [5.74, 6) is 0. The van der Waals surface area contributed by atoms with Gasteiger partial charge in [0, 0.05) is 31.7 Å². The largest absolute Gasteiger partial charge is 0.309 e. The van der Waals surface area contributed by atoms with Crippen molar-refractivity contribution in [2.24, 2.45) is 0 Å². The van der Waals surface area contributed by atoms with Crippen molar-refractivity contribution in [2.75, 3.05) is 13.1 Å². The molecule has 16 heavy (non-hydrogen) atoms. The number of hydrogen-bond acceptors (Lipinski definition) is 3. The molecule has 88 valence electrons. The van der Waals surface area contributed by atoms with Gasteiger partial charge in [-0.1, -0.05) is 0 Å². The van der Waals surface area contributed by atoms with E-state index in [0.717, 1.165) is 12.6 Å². The lowest BCUT2D eigenvalue weighted by molar-refractivity contribution is 0.317. The number of nitrogens with one attached hydrogen (secondary N) is 1. The summed E-state index contributed by atoms with van der Waals surface area (Å²) in [6, 6.07) is 3.85. The van der Waals surface area contributed by atoms with Gasteiger partial charge in [0.1, 0.15) is 0 Å². The van der Waals surface area contributed by atoms with E-state index in [1.165, 1.54) is 41.7 Å². The predicted molar refractivity (Wildman–Crippen MR) is 71.9 cm³/mol. The van der Waals surface area contributed by atoms with Gasteiger partial charge in [-0.15, -0.1) is 11.3 Å². The standard InChI is InChI=1S/C12H17BrN2S/c13-12-5-9(8-16-12)6-14-10-3-4-15(7-10)11-1-2-11/h5,8,10-11,14H,1-4,6-7H2. The van der Waals surface area contributed by atoms with Gasteiger partial charge in [0.05, 0.1) is 3.79 Å². The fourth-order valence-corrected chi connectivity index (χ4v) is 3.64. The van der Waals surface area contributed by atoms with Crippen LogP contribution in [0.4, 0.5) is 0 Å². The smallest absolute Gasteiger partial charge is 0.0701 e. The van der Waals surface area contributed by atoms with Crippen LogP contribution in [0, 0.1) is 0 Å². The van der Waals surface area contributed by atoms with Crippen LogP contribution in [0.25, 0.3) is 0 Å². The van der Waals surface area contributed by atoms with Crippen molar-refractivity contribution in [3.05, 3.63) is 20.8 Å². The third kappa shape index (κ3) is 2.67. The van der Waals surface area contributed by atoms with Crippen molar-refractivity contribution in [3.63, 3.8) is 0 Å². The van der Waals surface area contributed by atoms with Crippen LogP contribution in [0.5, 0.6) is 0 Å². The Labute approximate surface area is 109 Å². The summed E-state index contributed by atoms with van der Waals surface area (Å²) in [6.07, 6.45) is 4.19. The van der Waals surface area contributed by atoms with Crippen LogP contribution < -0.4 is 5.32 Å². The molecule has 1 saturated carbocycles. The van der Waals surface area contributed by atoms with E-state index >= 15 is 0 Å². The minimum absolute atomic E-state index is 0.708. The van der Waals surface area contributed by atoms with Crippen molar-refractivity contribution in [1.82, 2.24) is 10.2 Å². The molecule has 4 heteroatoms. The molecule has 1 atom stereocenters. The zero-order chi connectivity index (χ0) is 11.0. The first-order valence-corrected chi connectivity index (χ1v) is 7.69. The molecule has 1 aromatic rings. The van der Waals surface area contributed by atoms with E-state index in [9.17, 15) is 0 Å². The van der Waals surface area contributed by atoms with Crippen molar-refractivity contribution >= 4 is 27.3 Å². The SMILES string of the molecule is Brc1cc(CNC2CCN(C3CC3)C2)cs1. The van der Waals surface area contributed by atoms with Crippen LogP contribution in [0.1, 0.15) is 24.8 Å². The number of hydrogen-bond donors (Lipinski definition) is 1. The van der Waals surface area contributed by atoms with Crippen LogP contribution in [-0.2, 0) is 6.54 Å². The summed E-state index contributed by atoms with van der Waals surface area (Å²) in [5, 5.41) is 5.89. The molecule has 1 unspecified atom stereocenters. The Kier molecular flexibility index (Phi) is 3.34. The molecule has 0 amide bonds. The van der Waals surface area contributed by atoms with E-state index in [4.69, 9.17) is 0 Å². The van der Waals surface area contributed by atoms with Crippen molar-refractivity contribution in [1.29, 1.82) is 0 Å². The van der Waals surface area contributed by atoms with Crippen molar-refractivity contribution in [3.8, 4) is 0 Å². The first-order chi connectivity index (χ1) is 7.81. The molecule has 2 aliphatic rings. The lowest BCUT2D eigenvalue weighted by Gasteiger charge is -2.15. The molecule has 3 rings (SSSR count). The Bertz CT molecular complexity index is 362. The summed E-state index contributed by atoms with van der Waals surface area (Å²) in [7, 11) is 0. The highest BCUT2D eigenvalue weighted by Gasteiger charge is 2.33. The number of halogens is 1. The van der Waals surface area contributed by atoms with Gasteiger partial charge >= 0.3 is 0 Å². The van der Waals surface area contributed by atoms with Gasteiger partial charge in [-0.2, -0.15) is 0 Å². The van der Waals surface area contributed by atoms with Gasteiger partial charge in [-0.3, -0.25) is 4.90 Å². The Hall–Kier alpha value is 0.1000. The van der Waals surface area contributed by atoms with Gasteiger partial charge in [0.2, 0.25) is 0 Å². The summed E-state index contributed by atoms with van der Waals surface area (Å²) in [5.41, 5.74) is 1.40. The molecule has 0 spiro atoms. The molecule has 1 aliphatic heterocycles. The number of likely N-dealkylation sites (tertiary alicyclic amines) is 1. The van der Waals surface area contributed by atoms with E-state index in [2.05, 4.69) is 37.6 Å². The van der Waals surface area contributed by atoms with Crippen LogP contribution in [-0.4, -0.2) is 30.1 Å². The minimum Gasteiger partial charge on any atom is -0.309 e. The zero-order valence-corrected chi connectivity index (χ0v) is 11.7. The molecule has 1 aromatic heterocycles. The molecular formula is C12H17BrN2S. The molecule has 0 aromatic carbocycles. The summed E-state index contributed by atoms with van der Waals surface area (Å²) in [4.78, 5) is 2.65. The quantitative estimate of drug-likeness (QED) is 0.920. The average molecular weight is 301 g/mol. The summed E-state index contributed by atoms with van der Waals surface area (Å²) < 4.78 is 1.23. The van der Waals surface area contributed by atoms with Crippen LogP contribution >= 0.6 is 27.3 Å². The number of nitrogens with zero attached hydrogens (tertiary/aromatic N) is 1. The number of thiophene rings is 1. The van der Waals surface area contributed by atoms with Crippen molar-refractivity contribution in [2.45, 2.75) is 37.9 Å². The lowest BCUT2D eigenvalue weighted by atomic mass is 10.2. The third-order valence-corrected chi connectivity index (χ3v) is 5.05. The third-order valence-electron chi connectivity index (χ3n) is 3.50. The Morgan fingerprint density at radius 3 is 3.00 bits per heavy atom. The Morgan fingerprint density at radius 1 is 1.44 bits per heavy atom. The molecule has 1 saturated heterocycles. The van der Waals surface area contributed by atoms with E-state index in [-0.39, 0.29) is 0 Å². The maximum atomic E-state index is 3.67. The highest BCUT2D eigenvalue weighted by molar-refractivity contribution is 9.11. The molecule has 0 bridgehead atoms. The summed E-state index contributed by atoms with van der Waals surface area (Å²) >= 11 is 5.27. The van der Waals surface area contributed by atoms with Crippen LogP contribution in [0.15, 0.2) is 15.2 Å². The van der Waals surface area contributed by atoms with Crippen LogP contribution in [0.3, 0.4) is 0 Å². The predicted octanol–water partition coefficient (Wildman–Crippen LogP) is 2.84. The van der Waals surface area contributed by atoms with Gasteiger partial charge in [0.15, 0.2) is 0 Å². The van der Waals surface area contributed by atoms with Crippen LogP contribution in [0.2, 0.25) is 0 Å². The fraction of sp³-hybridized carbons (Fsp3) is 0.667. The second kappa shape index (κ2) is 4.77. The van der Waals surface area contributed by atoms with E-state index < -0.39 is 0 Å². The lowest BCUT2D eigenvalue weighted by Crippen LogP contribution is -2.32. The first-order valence-electron chi connectivity index (χ1n) is 6.01. The minimum atomic E-state index is 0.708. The maximum Gasteiger partial charge on any atom is 0.0701 e. The molecule has 1 N–H and O–H groups in total. The number of rotatable bonds is 4. The molecule has 0 radical (unpaired) electrons. The molecular weight excluding hydrogens is 284 g/mol. The van der Waals surface area contributed by atoms with Gasteiger partial charge in [-0.05, 0) is 52.2 Å². The highest BCUT2D eigenvalue weighted by atomic mass is 79.9.